The lowest BCUT2D eigenvalue weighted by molar-refractivity contribution is 1.09. The van der Waals surface area contributed by atoms with Crippen molar-refractivity contribution < 1.29 is 0 Å². The highest BCUT2D eigenvalue weighted by atomic mass is 15.1. The number of benzene rings is 7. The summed E-state index contributed by atoms with van der Waals surface area (Å²) in [6.45, 7) is 0. The molecule has 0 radical (unpaired) electrons. The van der Waals surface area contributed by atoms with Gasteiger partial charge in [0.15, 0.2) is 0 Å². The zero-order valence-electron chi connectivity index (χ0n) is 26.1. The number of hydrogen-bond acceptors (Lipinski definition) is 1. The number of fused-ring (bicyclic) bond motifs is 8. The monoisotopic (exact) mass is 611 g/mol. The van der Waals surface area contributed by atoms with Crippen molar-refractivity contribution in [3.63, 3.8) is 0 Å². The molecular weight excluding hydrogens is 583 g/mol. The Morgan fingerprint density at radius 1 is 0.354 bits per heavy atom. The second kappa shape index (κ2) is 10.5. The maximum Gasteiger partial charge on any atom is 0.138 e. The first-order valence-corrected chi connectivity index (χ1v) is 16.4. The molecule has 0 bridgehead atoms. The number of nitrogens with zero attached hydrogens (tertiary/aromatic N) is 3. The zero-order chi connectivity index (χ0) is 31.6. The maximum atomic E-state index is 5.27. The van der Waals surface area contributed by atoms with Crippen LogP contribution < -0.4 is 0 Å². The summed E-state index contributed by atoms with van der Waals surface area (Å²) >= 11 is 0. The lowest BCUT2D eigenvalue weighted by Crippen LogP contribution is -2.00. The second-order valence-electron chi connectivity index (χ2n) is 12.4. The quantitative estimate of drug-likeness (QED) is 0.194. The summed E-state index contributed by atoms with van der Waals surface area (Å²) in [5, 5.41) is 5.98. The fourth-order valence-electron chi connectivity index (χ4n) is 7.48. The predicted octanol–water partition coefficient (Wildman–Crippen LogP) is 11.8. The van der Waals surface area contributed by atoms with E-state index in [1.807, 2.05) is 0 Å². The van der Waals surface area contributed by atoms with Crippen LogP contribution in [0.2, 0.25) is 0 Å². The van der Waals surface area contributed by atoms with Crippen LogP contribution in [-0.2, 0) is 0 Å². The summed E-state index contributed by atoms with van der Waals surface area (Å²) in [7, 11) is 0. The van der Waals surface area contributed by atoms with E-state index in [4.69, 9.17) is 4.98 Å². The Labute approximate surface area is 277 Å². The lowest BCUT2D eigenvalue weighted by Gasteiger charge is -2.12. The van der Waals surface area contributed by atoms with Crippen LogP contribution in [0.5, 0.6) is 0 Å². The van der Waals surface area contributed by atoms with E-state index < -0.39 is 0 Å². The van der Waals surface area contributed by atoms with Crippen molar-refractivity contribution in [3.8, 4) is 33.8 Å². The molecule has 0 saturated carbocycles. The summed E-state index contributed by atoms with van der Waals surface area (Å²) in [4.78, 5) is 5.27. The number of pyridine rings is 1. The van der Waals surface area contributed by atoms with Crippen LogP contribution in [0.4, 0.5) is 0 Å². The summed E-state index contributed by atoms with van der Waals surface area (Å²) in [6, 6.07) is 63.1. The molecule has 0 spiro atoms. The van der Waals surface area contributed by atoms with Gasteiger partial charge in [0.05, 0.1) is 27.6 Å². The van der Waals surface area contributed by atoms with Gasteiger partial charge in [0.1, 0.15) is 5.82 Å². The second-order valence-corrected chi connectivity index (χ2v) is 12.4. The molecule has 10 rings (SSSR count). The Morgan fingerprint density at radius 2 is 0.875 bits per heavy atom. The van der Waals surface area contributed by atoms with Gasteiger partial charge in [-0.15, -0.1) is 0 Å². The molecule has 48 heavy (non-hydrogen) atoms. The van der Waals surface area contributed by atoms with Crippen molar-refractivity contribution in [1.82, 2.24) is 14.1 Å². The minimum absolute atomic E-state index is 0.906. The van der Waals surface area contributed by atoms with Gasteiger partial charge in [-0.05, 0) is 76.9 Å². The lowest BCUT2D eigenvalue weighted by atomic mass is 10.0. The van der Waals surface area contributed by atoms with Crippen LogP contribution >= 0.6 is 0 Å². The third-order valence-electron chi connectivity index (χ3n) is 9.70. The third kappa shape index (κ3) is 4.04. The highest BCUT2D eigenvalue weighted by Crippen LogP contribution is 2.43. The van der Waals surface area contributed by atoms with E-state index in [1.54, 1.807) is 0 Å². The van der Waals surface area contributed by atoms with E-state index in [1.165, 1.54) is 54.8 Å². The van der Waals surface area contributed by atoms with E-state index >= 15 is 0 Å². The van der Waals surface area contributed by atoms with E-state index in [-0.39, 0.29) is 0 Å². The number of hydrogen-bond donors (Lipinski definition) is 0. The van der Waals surface area contributed by atoms with Crippen molar-refractivity contribution in [2.75, 3.05) is 0 Å². The SMILES string of the molecule is c1ccc(-c2ccc3c(c2)c2ccc4c5cc(-c6ccccc6)ccc5n(-c5ccc6ccccc6n5)c4c2n3-c2ccccc2)cc1. The van der Waals surface area contributed by atoms with E-state index in [9.17, 15) is 0 Å². The van der Waals surface area contributed by atoms with Gasteiger partial charge in [-0.2, -0.15) is 0 Å². The first-order chi connectivity index (χ1) is 23.8. The van der Waals surface area contributed by atoms with Crippen molar-refractivity contribution in [1.29, 1.82) is 0 Å². The zero-order valence-corrected chi connectivity index (χ0v) is 26.1. The van der Waals surface area contributed by atoms with E-state index in [0.717, 1.165) is 33.4 Å². The number of rotatable bonds is 4. The van der Waals surface area contributed by atoms with Gasteiger partial charge in [-0.1, -0.05) is 121 Å². The number of aromatic nitrogens is 3. The molecule has 0 aliphatic rings. The van der Waals surface area contributed by atoms with Crippen molar-refractivity contribution in [3.05, 3.63) is 176 Å². The van der Waals surface area contributed by atoms with Crippen molar-refractivity contribution in [2.45, 2.75) is 0 Å². The first kappa shape index (κ1) is 26.7. The third-order valence-corrected chi connectivity index (χ3v) is 9.70. The van der Waals surface area contributed by atoms with Crippen LogP contribution in [-0.4, -0.2) is 14.1 Å². The van der Waals surface area contributed by atoms with Crippen molar-refractivity contribution in [2.24, 2.45) is 0 Å². The molecule has 0 aliphatic carbocycles. The average Bonchev–Trinajstić information content (AvgIpc) is 3.68. The molecule has 0 amide bonds. The molecule has 10 aromatic rings. The Balaban J connectivity index is 1.39. The Morgan fingerprint density at radius 3 is 1.50 bits per heavy atom. The fraction of sp³-hybridized carbons (Fsp3) is 0. The van der Waals surface area contributed by atoms with Gasteiger partial charge in [-0.3, -0.25) is 4.57 Å². The van der Waals surface area contributed by atoms with Crippen molar-refractivity contribution >= 4 is 54.5 Å². The molecule has 7 aromatic carbocycles. The minimum atomic E-state index is 0.906. The van der Waals surface area contributed by atoms with Gasteiger partial charge >= 0.3 is 0 Å². The molecule has 0 unspecified atom stereocenters. The van der Waals surface area contributed by atoms with Gasteiger partial charge in [0, 0.05) is 32.6 Å². The summed E-state index contributed by atoms with van der Waals surface area (Å²) < 4.78 is 4.82. The van der Waals surface area contributed by atoms with Crippen LogP contribution in [0.15, 0.2) is 176 Å². The van der Waals surface area contributed by atoms with Gasteiger partial charge in [0.25, 0.3) is 0 Å². The minimum Gasteiger partial charge on any atom is -0.307 e. The molecule has 0 atom stereocenters. The van der Waals surface area contributed by atoms with Crippen LogP contribution in [0, 0.1) is 0 Å². The average molecular weight is 612 g/mol. The van der Waals surface area contributed by atoms with E-state index in [2.05, 4.69) is 185 Å². The van der Waals surface area contributed by atoms with Gasteiger partial charge in [-0.25, -0.2) is 4.98 Å². The van der Waals surface area contributed by atoms with E-state index in [0.29, 0.717) is 0 Å². The maximum absolute atomic E-state index is 5.27. The van der Waals surface area contributed by atoms with Gasteiger partial charge < -0.3 is 4.57 Å². The molecule has 3 aromatic heterocycles. The molecular formula is C45H29N3. The van der Waals surface area contributed by atoms with Crippen LogP contribution in [0.3, 0.4) is 0 Å². The molecule has 3 nitrogen and oxygen atoms in total. The molecule has 3 heterocycles. The topological polar surface area (TPSA) is 22.8 Å². The summed E-state index contributed by atoms with van der Waals surface area (Å²) in [6.07, 6.45) is 0. The molecule has 0 saturated heterocycles. The highest BCUT2D eigenvalue weighted by molar-refractivity contribution is 6.24. The standard InChI is InChI=1S/C45H29N3/c1-4-12-30(13-5-1)33-20-25-41-38(28-33)36-23-24-37-39-29-34(31-14-6-2-7-15-31)21-26-42(39)48(43-27-22-32-16-10-11-19-40(32)46-43)45(37)44(36)47(41)35-17-8-3-9-18-35/h1-29H. The fourth-order valence-corrected chi connectivity index (χ4v) is 7.48. The highest BCUT2D eigenvalue weighted by Gasteiger charge is 2.22. The Bertz CT molecular complexity index is 2810. The first-order valence-electron chi connectivity index (χ1n) is 16.4. The number of para-hydroxylation sites is 2. The Kier molecular flexibility index (Phi) is 5.87. The summed E-state index contributed by atoms with van der Waals surface area (Å²) in [5.74, 6) is 0.906. The molecule has 3 heteroatoms. The Hall–Kier alpha value is -6.45. The largest absolute Gasteiger partial charge is 0.307 e. The summed E-state index contributed by atoms with van der Waals surface area (Å²) in [5.41, 5.74) is 11.6. The molecule has 0 N–H and O–H groups in total. The van der Waals surface area contributed by atoms with Gasteiger partial charge in [0.2, 0.25) is 0 Å². The molecule has 224 valence electrons. The predicted molar refractivity (Wildman–Crippen MR) is 201 cm³/mol. The molecule has 0 fully saturated rings. The normalized spacial score (nSPS) is 11.8. The molecule has 0 aliphatic heterocycles. The van der Waals surface area contributed by atoms with Crippen LogP contribution in [0.1, 0.15) is 0 Å². The smallest absolute Gasteiger partial charge is 0.138 e. The van der Waals surface area contributed by atoms with Crippen LogP contribution in [0.25, 0.3) is 88.3 Å².